The van der Waals surface area contributed by atoms with Crippen LogP contribution in [0.15, 0.2) is 48.7 Å². The zero-order valence-electron chi connectivity index (χ0n) is 16.6. The molecular weight excluding hydrogens is 386 g/mol. The second-order valence-electron chi connectivity index (χ2n) is 6.22. The predicted octanol–water partition coefficient (Wildman–Crippen LogP) is 2.97. The molecule has 30 heavy (non-hydrogen) atoms. The summed E-state index contributed by atoms with van der Waals surface area (Å²) >= 11 is 0. The predicted molar refractivity (Wildman–Crippen MR) is 109 cm³/mol. The van der Waals surface area contributed by atoms with Crippen LogP contribution in [0, 0.1) is 11.3 Å². The van der Waals surface area contributed by atoms with E-state index in [0.29, 0.717) is 28.3 Å². The Morgan fingerprint density at radius 1 is 0.967 bits per heavy atom. The van der Waals surface area contributed by atoms with Crippen LogP contribution in [-0.4, -0.2) is 37.6 Å². The van der Waals surface area contributed by atoms with Gasteiger partial charge < -0.3 is 24.5 Å². The van der Waals surface area contributed by atoms with E-state index in [4.69, 9.17) is 19.9 Å². The maximum atomic E-state index is 12.8. The molecule has 0 radical (unpaired) electrons. The van der Waals surface area contributed by atoms with Gasteiger partial charge >= 0.3 is 5.97 Å². The number of carbonyl (C=O) groups is 2. The second kappa shape index (κ2) is 8.41. The minimum Gasteiger partial charge on any atom is -0.493 e. The molecule has 0 saturated heterocycles. The van der Waals surface area contributed by atoms with E-state index in [-0.39, 0.29) is 22.7 Å². The molecule has 3 aromatic rings. The van der Waals surface area contributed by atoms with Gasteiger partial charge in [-0.2, -0.15) is 5.26 Å². The number of hydrogen-bond acceptors (Lipinski definition) is 7. The molecular formula is C22H19N3O5. The Labute approximate surface area is 173 Å². The highest BCUT2D eigenvalue weighted by Crippen LogP contribution is 2.29. The molecule has 8 heteroatoms. The number of aromatic nitrogens is 1. The number of ketones is 1. The van der Waals surface area contributed by atoms with Gasteiger partial charge in [0.2, 0.25) is 0 Å². The van der Waals surface area contributed by atoms with Crippen LogP contribution in [0.25, 0.3) is 5.69 Å². The van der Waals surface area contributed by atoms with Crippen LogP contribution in [0.1, 0.15) is 32.0 Å². The largest absolute Gasteiger partial charge is 0.493 e. The molecule has 0 bridgehead atoms. The van der Waals surface area contributed by atoms with Crippen molar-refractivity contribution in [1.82, 2.24) is 4.57 Å². The average Bonchev–Trinajstić information content (AvgIpc) is 3.13. The highest BCUT2D eigenvalue weighted by atomic mass is 16.5. The van der Waals surface area contributed by atoms with Crippen molar-refractivity contribution in [2.75, 3.05) is 27.1 Å². The van der Waals surface area contributed by atoms with E-state index >= 15 is 0 Å². The average molecular weight is 405 g/mol. The summed E-state index contributed by atoms with van der Waals surface area (Å²) in [7, 11) is 4.25. The Balaban J connectivity index is 1.97. The number of ether oxygens (including phenoxy) is 3. The number of methoxy groups -OCH3 is 3. The van der Waals surface area contributed by atoms with E-state index in [0.717, 1.165) is 0 Å². The Kier molecular flexibility index (Phi) is 5.74. The highest BCUT2D eigenvalue weighted by Gasteiger charge is 2.22. The van der Waals surface area contributed by atoms with Gasteiger partial charge in [-0.3, -0.25) is 4.79 Å². The summed E-state index contributed by atoms with van der Waals surface area (Å²) in [4.78, 5) is 25.0. The summed E-state index contributed by atoms with van der Waals surface area (Å²) in [5.74, 6) is 0.104. The second-order valence-corrected chi connectivity index (χ2v) is 6.22. The zero-order chi connectivity index (χ0) is 21.8. The number of rotatable bonds is 6. The monoisotopic (exact) mass is 405 g/mol. The Hall–Kier alpha value is -4.25. The van der Waals surface area contributed by atoms with Gasteiger partial charge in [-0.15, -0.1) is 0 Å². The molecule has 0 fully saturated rings. The van der Waals surface area contributed by atoms with Crippen molar-refractivity contribution in [2.24, 2.45) is 0 Å². The quantitative estimate of drug-likeness (QED) is 0.495. The van der Waals surface area contributed by atoms with Crippen molar-refractivity contribution in [3.63, 3.8) is 0 Å². The van der Waals surface area contributed by atoms with Crippen LogP contribution in [0.5, 0.6) is 11.5 Å². The Bertz CT molecular complexity index is 1160. The van der Waals surface area contributed by atoms with E-state index < -0.39 is 5.97 Å². The van der Waals surface area contributed by atoms with Crippen molar-refractivity contribution in [2.45, 2.75) is 0 Å². The minimum atomic E-state index is -0.667. The lowest BCUT2D eigenvalue weighted by Crippen LogP contribution is -2.11. The minimum absolute atomic E-state index is 0.0369. The first-order chi connectivity index (χ1) is 14.4. The highest BCUT2D eigenvalue weighted by molar-refractivity contribution is 6.09. The lowest BCUT2D eigenvalue weighted by molar-refractivity contribution is 0.0593. The van der Waals surface area contributed by atoms with Crippen molar-refractivity contribution in [3.05, 3.63) is 71.0 Å². The van der Waals surface area contributed by atoms with Gasteiger partial charge in [0.1, 0.15) is 6.07 Å². The molecule has 2 aromatic carbocycles. The molecule has 0 unspecified atom stereocenters. The van der Waals surface area contributed by atoms with Gasteiger partial charge in [-0.05, 0) is 42.5 Å². The van der Waals surface area contributed by atoms with E-state index in [1.807, 2.05) is 6.07 Å². The lowest BCUT2D eigenvalue weighted by Gasteiger charge is -2.11. The molecule has 1 heterocycles. The maximum Gasteiger partial charge on any atom is 0.357 e. The molecule has 0 spiro atoms. The van der Waals surface area contributed by atoms with Crippen LogP contribution >= 0.6 is 0 Å². The normalized spacial score (nSPS) is 10.2. The number of nitrogen functional groups attached to an aromatic ring is 1. The Morgan fingerprint density at radius 2 is 1.60 bits per heavy atom. The Morgan fingerprint density at radius 3 is 2.17 bits per heavy atom. The van der Waals surface area contributed by atoms with E-state index in [2.05, 4.69) is 0 Å². The third-order valence-electron chi connectivity index (χ3n) is 4.60. The topological polar surface area (TPSA) is 117 Å². The van der Waals surface area contributed by atoms with Gasteiger partial charge in [0.05, 0.1) is 32.6 Å². The summed E-state index contributed by atoms with van der Waals surface area (Å²) < 4.78 is 16.7. The number of carbonyl (C=O) groups excluding carboxylic acids is 2. The van der Waals surface area contributed by atoms with Crippen molar-refractivity contribution in [1.29, 1.82) is 5.26 Å². The van der Waals surface area contributed by atoms with Crippen LogP contribution in [-0.2, 0) is 4.74 Å². The van der Waals surface area contributed by atoms with Crippen molar-refractivity contribution in [3.8, 4) is 23.3 Å². The van der Waals surface area contributed by atoms with E-state index in [1.54, 1.807) is 42.5 Å². The molecule has 8 nitrogen and oxygen atoms in total. The fourth-order valence-electron chi connectivity index (χ4n) is 3.04. The molecule has 0 aliphatic heterocycles. The van der Waals surface area contributed by atoms with Crippen LogP contribution < -0.4 is 15.2 Å². The smallest absolute Gasteiger partial charge is 0.357 e. The van der Waals surface area contributed by atoms with Crippen LogP contribution in [0.4, 0.5) is 5.69 Å². The molecule has 2 N–H and O–H groups in total. The summed E-state index contributed by atoms with van der Waals surface area (Å²) in [6.45, 7) is 0. The fraction of sp³-hybridized carbons (Fsp3) is 0.136. The summed E-state index contributed by atoms with van der Waals surface area (Å²) in [5.41, 5.74) is 7.58. The standard InChI is InChI=1S/C22H19N3O5/c1-28-17-9-6-14(10-18(17)29-2)21(26)13-4-7-16(8-5-13)25-12-15(11-23)19(24)20(25)22(27)30-3/h4-10,12H,24H2,1-3H3. The molecule has 0 amide bonds. The molecule has 1 aromatic heterocycles. The molecule has 0 atom stereocenters. The lowest BCUT2D eigenvalue weighted by atomic mass is 10.0. The molecule has 3 rings (SSSR count). The number of esters is 1. The van der Waals surface area contributed by atoms with Gasteiger partial charge in [0.25, 0.3) is 0 Å². The molecule has 0 aliphatic carbocycles. The number of anilines is 1. The maximum absolute atomic E-state index is 12.8. The van der Waals surface area contributed by atoms with Crippen molar-refractivity contribution < 1.29 is 23.8 Å². The first-order valence-electron chi connectivity index (χ1n) is 8.81. The third kappa shape index (κ3) is 3.56. The van der Waals surface area contributed by atoms with Gasteiger partial charge in [0, 0.05) is 23.0 Å². The number of nitrogens with two attached hydrogens (primary N) is 1. The summed E-state index contributed by atoms with van der Waals surface area (Å²) in [6, 6.07) is 13.4. The SMILES string of the molecule is COC(=O)c1c(N)c(C#N)cn1-c1ccc(C(=O)c2ccc(OC)c(OC)c2)cc1. The van der Waals surface area contributed by atoms with Gasteiger partial charge in [-0.1, -0.05) is 0 Å². The number of nitrogens with zero attached hydrogens (tertiary/aromatic N) is 2. The third-order valence-corrected chi connectivity index (χ3v) is 4.60. The zero-order valence-corrected chi connectivity index (χ0v) is 16.6. The van der Waals surface area contributed by atoms with Crippen LogP contribution in [0.2, 0.25) is 0 Å². The fourth-order valence-corrected chi connectivity index (χ4v) is 3.04. The number of benzene rings is 2. The molecule has 0 aliphatic rings. The van der Waals surface area contributed by atoms with E-state index in [9.17, 15) is 14.9 Å². The number of hydrogen-bond donors (Lipinski definition) is 1. The first-order valence-corrected chi connectivity index (χ1v) is 8.81. The molecule has 152 valence electrons. The molecule has 0 saturated carbocycles. The van der Waals surface area contributed by atoms with Gasteiger partial charge in [-0.25, -0.2) is 4.79 Å². The van der Waals surface area contributed by atoms with Gasteiger partial charge in [0.15, 0.2) is 23.0 Å². The van der Waals surface area contributed by atoms with E-state index in [1.165, 1.54) is 32.1 Å². The summed E-state index contributed by atoms with van der Waals surface area (Å²) in [5, 5.41) is 9.22. The van der Waals surface area contributed by atoms with Crippen LogP contribution in [0.3, 0.4) is 0 Å². The summed E-state index contributed by atoms with van der Waals surface area (Å²) in [6.07, 6.45) is 1.45. The first kappa shape index (κ1) is 20.5. The number of nitriles is 1. The van der Waals surface area contributed by atoms with Crippen molar-refractivity contribution >= 4 is 17.4 Å².